The minimum atomic E-state index is -1.68. The average molecular weight is 955 g/mol. The van der Waals surface area contributed by atoms with E-state index >= 15 is 0 Å². The van der Waals surface area contributed by atoms with Gasteiger partial charge in [0.1, 0.15) is 42.0 Å². The summed E-state index contributed by atoms with van der Waals surface area (Å²) in [7, 11) is 0. The molecular formula is C41H58N14O13. The van der Waals surface area contributed by atoms with Crippen molar-refractivity contribution in [2.45, 2.75) is 107 Å². The summed E-state index contributed by atoms with van der Waals surface area (Å²) in [5.41, 5.74) is 23.0. The van der Waals surface area contributed by atoms with Crippen molar-refractivity contribution in [2.24, 2.45) is 27.9 Å². The number of aromatic nitrogens is 2. The maximum absolute atomic E-state index is 14.5. The number of nitrogens with zero attached hydrogens (tertiary/aromatic N) is 4. The molecule has 0 spiro atoms. The van der Waals surface area contributed by atoms with E-state index in [9.17, 15) is 58.2 Å². The molecule has 0 bridgehead atoms. The van der Waals surface area contributed by atoms with Crippen molar-refractivity contribution in [3.63, 3.8) is 0 Å². The third-order valence-corrected chi connectivity index (χ3v) is 11.0. The summed E-state index contributed by atoms with van der Waals surface area (Å²) in [6.07, 6.45) is 1.93. The fourth-order valence-corrected chi connectivity index (χ4v) is 7.71. The zero-order valence-electron chi connectivity index (χ0n) is 36.9. The van der Waals surface area contributed by atoms with Gasteiger partial charge in [-0.1, -0.05) is 12.1 Å². The summed E-state index contributed by atoms with van der Waals surface area (Å²) >= 11 is 0. The number of carboxylic acids is 2. The summed E-state index contributed by atoms with van der Waals surface area (Å²) in [5, 5.41) is 41.0. The average Bonchev–Trinajstić information content (AvgIpc) is 4.09. The lowest BCUT2D eigenvalue weighted by molar-refractivity contribution is -0.144. The quantitative estimate of drug-likeness (QED) is 0.0251. The van der Waals surface area contributed by atoms with Crippen LogP contribution in [0.4, 0.5) is 0 Å². The van der Waals surface area contributed by atoms with Gasteiger partial charge in [-0.15, -0.1) is 0 Å². The highest BCUT2D eigenvalue weighted by Crippen LogP contribution is 2.22. The highest BCUT2D eigenvalue weighted by Gasteiger charge is 2.41. The summed E-state index contributed by atoms with van der Waals surface area (Å²) < 4.78 is 0. The van der Waals surface area contributed by atoms with Gasteiger partial charge in [-0.2, -0.15) is 0 Å². The number of likely N-dealkylation sites (tertiary alicyclic amines) is 2. The van der Waals surface area contributed by atoms with E-state index in [1.165, 1.54) is 41.7 Å². The molecule has 7 atom stereocenters. The lowest BCUT2D eigenvalue weighted by atomic mass is 10.0. The molecule has 2 fully saturated rings. The van der Waals surface area contributed by atoms with Crippen LogP contribution in [0.15, 0.2) is 41.8 Å². The molecular weight excluding hydrogens is 897 g/mol. The van der Waals surface area contributed by atoms with Gasteiger partial charge in [0.25, 0.3) is 0 Å². The van der Waals surface area contributed by atoms with E-state index in [2.05, 4.69) is 41.5 Å². The van der Waals surface area contributed by atoms with Crippen LogP contribution in [-0.2, 0) is 60.8 Å². The van der Waals surface area contributed by atoms with E-state index in [-0.39, 0.29) is 69.9 Å². The van der Waals surface area contributed by atoms with Gasteiger partial charge >= 0.3 is 11.9 Å². The molecule has 4 rings (SSSR count). The van der Waals surface area contributed by atoms with Crippen molar-refractivity contribution in [1.82, 2.24) is 46.4 Å². The minimum Gasteiger partial charge on any atom is -0.508 e. The normalized spacial score (nSPS) is 17.6. The molecule has 1 aromatic heterocycles. The van der Waals surface area contributed by atoms with Gasteiger partial charge in [-0.3, -0.25) is 48.1 Å². The van der Waals surface area contributed by atoms with Crippen LogP contribution >= 0.6 is 0 Å². The number of rotatable bonds is 25. The molecule has 2 aliphatic rings. The number of hydrogen-bond acceptors (Lipinski definition) is 14. The summed E-state index contributed by atoms with van der Waals surface area (Å²) in [5.74, 6) is -9.96. The maximum Gasteiger partial charge on any atom is 0.326 e. The number of hydrogen-bond donors (Lipinski definition) is 13. The van der Waals surface area contributed by atoms with Gasteiger partial charge in [0.2, 0.25) is 47.3 Å². The van der Waals surface area contributed by atoms with E-state index in [1.54, 1.807) is 0 Å². The molecule has 8 amide bonds. The predicted molar refractivity (Wildman–Crippen MR) is 236 cm³/mol. The molecule has 27 nitrogen and oxygen atoms in total. The first-order chi connectivity index (χ1) is 32.2. The number of phenols is 1. The largest absolute Gasteiger partial charge is 0.508 e. The number of aromatic amines is 1. The number of guanidine groups is 1. The summed E-state index contributed by atoms with van der Waals surface area (Å²) in [6, 6.07) is -4.02. The van der Waals surface area contributed by atoms with Gasteiger partial charge < -0.3 is 79.6 Å². The summed E-state index contributed by atoms with van der Waals surface area (Å²) in [4.78, 5) is 143. The fraction of sp³-hybridized carbons (Fsp3) is 0.512. The molecule has 17 N–H and O–H groups in total. The Hall–Kier alpha value is -7.84. The van der Waals surface area contributed by atoms with Crippen LogP contribution in [0.1, 0.15) is 62.6 Å². The highest BCUT2D eigenvalue weighted by molar-refractivity contribution is 5.99. The minimum absolute atomic E-state index is 0.0146. The van der Waals surface area contributed by atoms with Gasteiger partial charge in [0.15, 0.2) is 5.96 Å². The molecule has 0 unspecified atom stereocenters. The number of phenolic OH excluding ortho intramolecular Hbond substituents is 1. The Morgan fingerprint density at radius 2 is 1.38 bits per heavy atom. The summed E-state index contributed by atoms with van der Waals surface area (Å²) in [6.45, 7) is -0.541. The smallest absolute Gasteiger partial charge is 0.326 e. The number of aliphatic imine (C=N–C) groups is 1. The van der Waals surface area contributed by atoms with Crippen molar-refractivity contribution in [2.75, 3.05) is 26.2 Å². The van der Waals surface area contributed by atoms with Crippen molar-refractivity contribution >= 4 is 65.2 Å². The number of carbonyl (C=O) groups is 10. The monoisotopic (exact) mass is 954 g/mol. The molecule has 370 valence electrons. The highest BCUT2D eigenvalue weighted by atomic mass is 16.4. The molecule has 2 aromatic rings. The first-order valence-electron chi connectivity index (χ1n) is 21.6. The second-order valence-corrected chi connectivity index (χ2v) is 16.2. The third-order valence-electron chi connectivity index (χ3n) is 11.0. The van der Waals surface area contributed by atoms with Crippen molar-refractivity contribution in [3.05, 3.63) is 48.0 Å². The number of amides is 8. The molecule has 2 saturated heterocycles. The second kappa shape index (κ2) is 25.2. The van der Waals surface area contributed by atoms with Crippen molar-refractivity contribution < 1.29 is 63.3 Å². The van der Waals surface area contributed by atoms with Crippen LogP contribution in [-0.4, -0.2) is 169 Å². The molecule has 1 aromatic carbocycles. The molecule has 0 radical (unpaired) electrons. The van der Waals surface area contributed by atoms with Crippen LogP contribution in [0.2, 0.25) is 0 Å². The van der Waals surface area contributed by atoms with E-state index in [4.69, 9.17) is 28.0 Å². The van der Waals surface area contributed by atoms with Gasteiger partial charge in [-0.25, -0.2) is 9.78 Å². The molecule has 27 heteroatoms. The van der Waals surface area contributed by atoms with Gasteiger partial charge in [0, 0.05) is 44.4 Å². The van der Waals surface area contributed by atoms with Gasteiger partial charge in [0.05, 0.1) is 31.8 Å². The molecule has 0 saturated carbocycles. The molecule has 2 aliphatic heterocycles. The van der Waals surface area contributed by atoms with Crippen molar-refractivity contribution in [3.8, 4) is 5.75 Å². The number of carboxylic acid groups (broad SMARTS) is 2. The van der Waals surface area contributed by atoms with E-state index < -0.39 is 121 Å². The molecule has 3 heterocycles. The number of carbonyl (C=O) groups excluding carboxylic acids is 8. The van der Waals surface area contributed by atoms with Crippen LogP contribution in [0.5, 0.6) is 5.75 Å². The zero-order chi connectivity index (χ0) is 50.1. The predicted octanol–water partition coefficient (Wildman–Crippen LogP) is -5.25. The first-order valence-corrected chi connectivity index (χ1v) is 21.6. The topological polar surface area (TPSA) is 443 Å². The van der Waals surface area contributed by atoms with Crippen LogP contribution < -0.4 is 49.5 Å². The van der Waals surface area contributed by atoms with Crippen LogP contribution in [0.3, 0.4) is 0 Å². The Morgan fingerprint density at radius 1 is 0.765 bits per heavy atom. The number of imidazole rings is 1. The van der Waals surface area contributed by atoms with E-state index in [1.807, 2.05) is 0 Å². The lowest BCUT2D eigenvalue weighted by Gasteiger charge is -2.31. The fourth-order valence-electron chi connectivity index (χ4n) is 7.71. The number of nitrogens with one attached hydrogen (secondary N) is 6. The SMILES string of the molecule is NC(=O)C[C@H](NC(=O)[C@@H]1CCCN1C(=O)[C@@H](N)CC(=O)O)C(=O)N[C@@H](Cc1ccc(O)cc1)C(=O)N1CCC[C@H]1C(=O)N[C@@H](CCCN=C(N)N)C(=O)NCC(=O)N[C@@H](Cc1cnc[nH]1)C(=O)O. The third kappa shape index (κ3) is 15.9. The first kappa shape index (κ1) is 52.8. The Morgan fingerprint density at radius 3 is 1.94 bits per heavy atom. The van der Waals surface area contributed by atoms with Crippen LogP contribution in [0, 0.1) is 0 Å². The Labute approximate surface area is 388 Å². The van der Waals surface area contributed by atoms with E-state index in [0.717, 1.165) is 4.90 Å². The number of aliphatic carboxylic acids is 2. The van der Waals surface area contributed by atoms with E-state index in [0.29, 0.717) is 24.1 Å². The number of H-pyrrole nitrogens is 1. The number of primary amides is 1. The van der Waals surface area contributed by atoms with Crippen molar-refractivity contribution in [1.29, 1.82) is 0 Å². The Kier molecular flexibility index (Phi) is 19.5. The number of benzene rings is 1. The zero-order valence-corrected chi connectivity index (χ0v) is 36.9. The molecule has 0 aliphatic carbocycles. The van der Waals surface area contributed by atoms with Crippen LogP contribution in [0.25, 0.3) is 0 Å². The molecule has 68 heavy (non-hydrogen) atoms. The second-order valence-electron chi connectivity index (χ2n) is 16.2. The lowest BCUT2D eigenvalue weighted by Crippen LogP contribution is -2.60. The number of aromatic hydroxyl groups is 1. The maximum atomic E-state index is 14.5. The standard InChI is InChI=1S/C41H58N14O13/c42-24(16-33(59)60)38(65)54-12-2-5-29(54)37(64)52-26(17-31(43)57)35(62)53-27(14-21-7-9-23(56)10-8-21)39(66)55-13-3-6-30(55)36(63)51-25(4-1-11-47-41(44)45)34(61)48-19-32(58)50-28(40(67)68)15-22-18-46-20-49-22/h7-10,18,20,24-30,56H,1-6,11-17,19,42H2,(H2,43,57)(H,46,49)(H,48,61)(H,50,58)(H,51,63)(H,52,64)(H,53,62)(H,59,60)(H,67,68)(H4,44,45,47)/t24-,25-,26-,27-,28-,29-,30-/m0/s1. The Balaban J connectivity index is 1.51. The Bertz CT molecular complexity index is 2180. The number of nitrogens with two attached hydrogens (primary N) is 4. The van der Waals surface area contributed by atoms with Gasteiger partial charge in [-0.05, 0) is 56.2 Å².